The Kier molecular flexibility index (Phi) is 10.8. The summed E-state index contributed by atoms with van der Waals surface area (Å²) < 4.78 is 4.56. The largest absolute Gasteiger partial charge is 0.352 e. The molecular formula is C35H44BrN13O2. The number of aromatic nitrogens is 8. The van der Waals surface area contributed by atoms with Gasteiger partial charge in [0.2, 0.25) is 11.8 Å². The summed E-state index contributed by atoms with van der Waals surface area (Å²) >= 11 is 3.48. The molecule has 0 bridgehead atoms. The average Bonchev–Trinajstić information content (AvgIpc) is 3.55. The van der Waals surface area contributed by atoms with Gasteiger partial charge in [-0.3, -0.25) is 23.9 Å². The fourth-order valence-electron chi connectivity index (χ4n) is 5.97. The zero-order valence-corrected chi connectivity index (χ0v) is 31.5. The van der Waals surface area contributed by atoms with Crippen LogP contribution in [0.1, 0.15) is 38.2 Å². The molecule has 0 aromatic carbocycles. The number of anilines is 4. The third-order valence-corrected chi connectivity index (χ3v) is 9.63. The lowest BCUT2D eigenvalue weighted by molar-refractivity contribution is -0.129. The van der Waals surface area contributed by atoms with Crippen LogP contribution in [0.4, 0.5) is 23.3 Å². The number of nitrogens with one attached hydrogen (secondary N) is 1. The number of halogens is 1. The van der Waals surface area contributed by atoms with Gasteiger partial charge < -0.3 is 24.9 Å². The van der Waals surface area contributed by atoms with E-state index in [0.29, 0.717) is 43.5 Å². The lowest BCUT2D eigenvalue weighted by Crippen LogP contribution is -2.30. The molecule has 1 N–H and O–H groups in total. The van der Waals surface area contributed by atoms with Crippen LogP contribution in [0.2, 0.25) is 0 Å². The molecule has 7 heterocycles. The van der Waals surface area contributed by atoms with Crippen molar-refractivity contribution < 1.29 is 9.59 Å². The number of amides is 2. The van der Waals surface area contributed by atoms with Crippen molar-refractivity contribution in [2.45, 2.75) is 32.6 Å². The van der Waals surface area contributed by atoms with Crippen molar-refractivity contribution in [3.8, 4) is 11.1 Å². The van der Waals surface area contributed by atoms with Gasteiger partial charge in [0.1, 0.15) is 5.82 Å². The Morgan fingerprint density at radius 2 is 1.39 bits per heavy atom. The van der Waals surface area contributed by atoms with Crippen LogP contribution in [-0.2, 0) is 23.7 Å². The van der Waals surface area contributed by atoms with Crippen LogP contribution in [-0.4, -0.2) is 115 Å². The Morgan fingerprint density at radius 3 is 2.04 bits per heavy atom. The SMILES string of the molecule is CC(C)c1cnnc(Nc2ccc3ncc(-c4cn(C)nc4N4CCC(=O)N(C)CC4)cc3n2)c1.CN1CCN(c2nn(C)cc2Br)CCC1=O. The van der Waals surface area contributed by atoms with E-state index in [9.17, 15) is 9.59 Å². The highest BCUT2D eigenvalue weighted by Gasteiger charge is 2.24. The summed E-state index contributed by atoms with van der Waals surface area (Å²) in [6.07, 6.45) is 8.57. The number of hydrogen-bond donors (Lipinski definition) is 1. The molecule has 2 fully saturated rings. The van der Waals surface area contributed by atoms with Crippen LogP contribution in [0.5, 0.6) is 0 Å². The van der Waals surface area contributed by atoms with Gasteiger partial charge in [-0.15, -0.1) is 5.10 Å². The quantitative estimate of drug-likeness (QED) is 0.266. The van der Waals surface area contributed by atoms with Crippen LogP contribution >= 0.6 is 15.9 Å². The number of carbonyl (C=O) groups excluding carboxylic acids is 2. The Morgan fingerprint density at radius 1 is 0.745 bits per heavy atom. The van der Waals surface area contributed by atoms with Crippen LogP contribution in [0.3, 0.4) is 0 Å². The van der Waals surface area contributed by atoms with Crippen molar-refractivity contribution in [2.24, 2.45) is 14.1 Å². The molecule has 0 saturated carbocycles. The van der Waals surface area contributed by atoms with Gasteiger partial charge >= 0.3 is 0 Å². The fraction of sp³-hybridized carbons (Fsp3) is 0.429. The number of carbonyl (C=O) groups is 2. The summed E-state index contributed by atoms with van der Waals surface area (Å²) in [6.45, 7) is 8.60. The molecule has 15 nitrogen and oxygen atoms in total. The third kappa shape index (κ3) is 8.44. The third-order valence-electron chi connectivity index (χ3n) is 9.07. The molecule has 5 aromatic heterocycles. The van der Waals surface area contributed by atoms with Gasteiger partial charge in [0.15, 0.2) is 17.5 Å². The molecule has 0 radical (unpaired) electrons. The first-order valence-electron chi connectivity index (χ1n) is 17.0. The fourth-order valence-corrected chi connectivity index (χ4v) is 6.60. The Hall–Kier alpha value is -5.12. The Balaban J connectivity index is 0.000000234. The molecule has 7 rings (SSSR count). The first kappa shape index (κ1) is 35.7. The summed E-state index contributed by atoms with van der Waals surface area (Å²) in [5.41, 5.74) is 4.57. The molecule has 2 amide bonds. The highest BCUT2D eigenvalue weighted by Crippen LogP contribution is 2.32. The van der Waals surface area contributed by atoms with E-state index in [-0.39, 0.29) is 11.8 Å². The predicted molar refractivity (Wildman–Crippen MR) is 201 cm³/mol. The summed E-state index contributed by atoms with van der Waals surface area (Å²) in [4.78, 5) is 41.0. The molecule has 0 unspecified atom stereocenters. The minimum Gasteiger partial charge on any atom is -0.352 e. The molecule has 2 aliphatic heterocycles. The van der Waals surface area contributed by atoms with Crippen molar-refractivity contribution in [3.63, 3.8) is 0 Å². The first-order valence-corrected chi connectivity index (χ1v) is 17.8. The minimum absolute atomic E-state index is 0.158. The number of fused-ring (bicyclic) bond motifs is 1. The Bertz CT molecular complexity index is 2030. The number of hydrogen-bond acceptors (Lipinski definition) is 11. The summed E-state index contributed by atoms with van der Waals surface area (Å²) in [6, 6.07) is 7.84. The molecule has 5 aromatic rings. The van der Waals surface area contributed by atoms with E-state index < -0.39 is 0 Å². The van der Waals surface area contributed by atoms with Crippen LogP contribution in [0.25, 0.3) is 22.2 Å². The van der Waals surface area contributed by atoms with Gasteiger partial charge in [-0.1, -0.05) is 13.8 Å². The second kappa shape index (κ2) is 15.4. The van der Waals surface area contributed by atoms with Crippen LogP contribution in [0.15, 0.2) is 53.5 Å². The minimum atomic E-state index is 0.158. The maximum Gasteiger partial charge on any atom is 0.224 e. The molecule has 2 aliphatic rings. The average molecular weight is 759 g/mol. The van der Waals surface area contributed by atoms with Gasteiger partial charge in [0.25, 0.3) is 0 Å². The van der Waals surface area contributed by atoms with Crippen molar-refractivity contribution in [1.82, 2.24) is 49.5 Å². The zero-order chi connectivity index (χ0) is 36.2. The zero-order valence-electron chi connectivity index (χ0n) is 29.9. The van der Waals surface area contributed by atoms with Gasteiger partial charge in [0.05, 0.1) is 21.7 Å². The van der Waals surface area contributed by atoms with Crippen molar-refractivity contribution in [2.75, 3.05) is 68.5 Å². The van der Waals surface area contributed by atoms with Crippen molar-refractivity contribution >= 4 is 62.0 Å². The van der Waals surface area contributed by atoms with Crippen molar-refractivity contribution in [1.29, 1.82) is 0 Å². The lowest BCUT2D eigenvalue weighted by Gasteiger charge is -2.21. The smallest absolute Gasteiger partial charge is 0.224 e. The second-order valence-electron chi connectivity index (χ2n) is 13.2. The van der Waals surface area contributed by atoms with E-state index in [1.54, 1.807) is 25.4 Å². The summed E-state index contributed by atoms with van der Waals surface area (Å²) in [7, 11) is 7.49. The monoisotopic (exact) mass is 757 g/mol. The number of rotatable bonds is 6. The number of pyridine rings is 2. The van der Waals surface area contributed by atoms with E-state index in [0.717, 1.165) is 70.0 Å². The summed E-state index contributed by atoms with van der Waals surface area (Å²) in [5, 5.41) is 20.7. The molecule has 16 heteroatoms. The van der Waals surface area contributed by atoms with Crippen molar-refractivity contribution in [3.05, 3.63) is 59.1 Å². The lowest BCUT2D eigenvalue weighted by atomic mass is 10.1. The van der Waals surface area contributed by atoms with E-state index in [2.05, 4.69) is 65.2 Å². The van der Waals surface area contributed by atoms with E-state index in [1.165, 1.54) is 0 Å². The van der Waals surface area contributed by atoms with Crippen LogP contribution in [0, 0.1) is 0 Å². The molecule has 0 atom stereocenters. The van der Waals surface area contributed by atoms with E-state index in [4.69, 9.17) is 10.1 Å². The highest BCUT2D eigenvalue weighted by molar-refractivity contribution is 9.10. The van der Waals surface area contributed by atoms with Gasteiger partial charge in [0, 0.05) is 110 Å². The van der Waals surface area contributed by atoms with Gasteiger partial charge in [-0.25, -0.2) is 4.98 Å². The van der Waals surface area contributed by atoms with E-state index >= 15 is 0 Å². The molecule has 0 spiro atoms. The van der Waals surface area contributed by atoms with E-state index in [1.807, 2.05) is 71.0 Å². The van der Waals surface area contributed by atoms with Gasteiger partial charge in [-0.2, -0.15) is 15.3 Å². The highest BCUT2D eigenvalue weighted by atomic mass is 79.9. The normalized spacial score (nSPS) is 15.6. The predicted octanol–water partition coefficient (Wildman–Crippen LogP) is 4.21. The standard InChI is InChI=1S/C25H29N9O.C10H15BrN4O/c1-16(2)17-12-23(30-27-14-17)29-22-6-5-20-21(28-22)11-18(13-26-20)19-15-33(4)31-25(19)34-8-7-24(35)32(3)9-10-34;1-13-5-6-15(4-3-9(13)16)10-8(11)7-14(2)12-10/h5-6,11-16H,7-10H2,1-4H3,(H,28,29,30);7H,3-6H2,1-2H3. The number of nitrogens with zero attached hydrogens (tertiary/aromatic N) is 12. The summed E-state index contributed by atoms with van der Waals surface area (Å²) in [5.74, 6) is 3.82. The number of likely N-dealkylation sites (N-methyl/N-ethyl adjacent to an activating group) is 2. The maximum atomic E-state index is 12.2. The first-order chi connectivity index (χ1) is 24.4. The maximum absolute atomic E-state index is 12.2. The molecule has 51 heavy (non-hydrogen) atoms. The Labute approximate surface area is 305 Å². The molecule has 0 aliphatic carbocycles. The second-order valence-corrected chi connectivity index (χ2v) is 14.1. The topological polar surface area (TPSA) is 146 Å². The molecule has 268 valence electrons. The van der Waals surface area contributed by atoms with Crippen LogP contribution < -0.4 is 15.1 Å². The number of aryl methyl sites for hydroxylation is 2. The van der Waals surface area contributed by atoms with Gasteiger partial charge in [-0.05, 0) is 51.7 Å². The molecular weight excluding hydrogens is 714 g/mol. The molecule has 2 saturated heterocycles.